The third-order valence-electron chi connectivity index (χ3n) is 5.10. The molecule has 1 aromatic rings. The van der Waals surface area contributed by atoms with Crippen molar-refractivity contribution in [3.8, 4) is 0 Å². The summed E-state index contributed by atoms with van der Waals surface area (Å²) < 4.78 is 5.51. The Labute approximate surface area is 145 Å². The fraction of sp³-hybridized carbons (Fsp3) is 0.684. The molecule has 4 heteroatoms. The van der Waals surface area contributed by atoms with E-state index in [1.807, 2.05) is 11.8 Å². The molecule has 0 bridgehead atoms. The third-order valence-corrected chi connectivity index (χ3v) is 5.77. The van der Waals surface area contributed by atoms with E-state index in [9.17, 15) is 0 Å². The van der Waals surface area contributed by atoms with Crippen molar-refractivity contribution in [2.75, 3.05) is 44.9 Å². The molecular formula is C19H30N2OS. The van der Waals surface area contributed by atoms with Crippen LogP contribution in [0.1, 0.15) is 30.9 Å². The predicted molar refractivity (Wildman–Crippen MR) is 99.1 cm³/mol. The van der Waals surface area contributed by atoms with E-state index in [-0.39, 0.29) is 0 Å². The number of ether oxygens (including phenoxy) is 1. The summed E-state index contributed by atoms with van der Waals surface area (Å²) in [7, 11) is 0. The van der Waals surface area contributed by atoms with Gasteiger partial charge in [-0.05, 0) is 50.1 Å². The van der Waals surface area contributed by atoms with Crippen molar-refractivity contribution in [3.63, 3.8) is 0 Å². The molecule has 0 amide bonds. The monoisotopic (exact) mass is 334 g/mol. The van der Waals surface area contributed by atoms with Crippen LogP contribution in [0.5, 0.6) is 0 Å². The van der Waals surface area contributed by atoms with Crippen LogP contribution in [-0.2, 0) is 4.74 Å². The Balaban J connectivity index is 1.46. The molecule has 2 saturated heterocycles. The highest BCUT2D eigenvalue weighted by Crippen LogP contribution is 2.22. The van der Waals surface area contributed by atoms with Crippen LogP contribution in [0.25, 0.3) is 0 Å². The zero-order valence-electron chi connectivity index (χ0n) is 14.2. The second-order valence-electron chi connectivity index (χ2n) is 6.89. The fourth-order valence-corrected chi connectivity index (χ4v) is 4.37. The summed E-state index contributed by atoms with van der Waals surface area (Å²) >= 11 is 1.93. The summed E-state index contributed by atoms with van der Waals surface area (Å²) in [5.41, 5.74) is 1.42. The van der Waals surface area contributed by atoms with Gasteiger partial charge in [0, 0.05) is 31.0 Å². The van der Waals surface area contributed by atoms with Gasteiger partial charge in [-0.15, -0.1) is 0 Å². The minimum atomic E-state index is 0.478. The summed E-state index contributed by atoms with van der Waals surface area (Å²) in [6, 6.07) is 12.0. The van der Waals surface area contributed by atoms with Crippen molar-refractivity contribution in [3.05, 3.63) is 35.9 Å². The van der Waals surface area contributed by atoms with Crippen LogP contribution >= 0.6 is 11.8 Å². The van der Waals surface area contributed by atoms with Crippen LogP contribution in [0, 0.1) is 5.92 Å². The van der Waals surface area contributed by atoms with Crippen molar-refractivity contribution in [1.29, 1.82) is 0 Å². The molecule has 0 aliphatic carbocycles. The van der Waals surface area contributed by atoms with Gasteiger partial charge in [0.25, 0.3) is 0 Å². The Kier molecular flexibility index (Phi) is 6.81. The standard InChI is InChI=1S/C19H30N2OS/c1-23-15-19(17-5-3-2-4-6-17)20-18-7-10-21(11-8-18)13-16-9-12-22-14-16/h2-6,16,18-20H,7-15H2,1H3/t16-,19-/m0/s1. The maximum absolute atomic E-state index is 5.51. The van der Waals surface area contributed by atoms with Gasteiger partial charge < -0.3 is 15.0 Å². The Morgan fingerprint density at radius 2 is 2.00 bits per heavy atom. The molecule has 0 spiro atoms. The zero-order valence-corrected chi connectivity index (χ0v) is 15.1. The van der Waals surface area contributed by atoms with Gasteiger partial charge in [-0.3, -0.25) is 0 Å². The number of likely N-dealkylation sites (tertiary alicyclic amines) is 1. The minimum Gasteiger partial charge on any atom is -0.381 e. The average Bonchev–Trinajstić information content (AvgIpc) is 3.10. The van der Waals surface area contributed by atoms with Crippen LogP contribution < -0.4 is 5.32 Å². The van der Waals surface area contributed by atoms with Gasteiger partial charge in [0.05, 0.1) is 6.61 Å². The highest BCUT2D eigenvalue weighted by molar-refractivity contribution is 7.98. The largest absolute Gasteiger partial charge is 0.381 e. The summed E-state index contributed by atoms with van der Waals surface area (Å²) in [5, 5.41) is 3.92. The smallest absolute Gasteiger partial charge is 0.0507 e. The number of thioether (sulfide) groups is 1. The predicted octanol–water partition coefficient (Wildman–Crippen LogP) is 3.18. The molecule has 1 aromatic carbocycles. The molecule has 2 aliphatic heterocycles. The first-order valence-electron chi connectivity index (χ1n) is 8.95. The maximum Gasteiger partial charge on any atom is 0.0507 e. The van der Waals surface area contributed by atoms with Crippen molar-refractivity contribution in [2.45, 2.75) is 31.3 Å². The first kappa shape index (κ1) is 17.3. The topological polar surface area (TPSA) is 24.5 Å². The van der Waals surface area contributed by atoms with Gasteiger partial charge in [0.15, 0.2) is 0 Å². The number of nitrogens with one attached hydrogen (secondary N) is 1. The molecule has 0 radical (unpaired) electrons. The van der Waals surface area contributed by atoms with Crippen LogP contribution in [0.2, 0.25) is 0 Å². The lowest BCUT2D eigenvalue weighted by Gasteiger charge is -2.35. The molecule has 2 heterocycles. The molecule has 2 fully saturated rings. The lowest BCUT2D eigenvalue weighted by molar-refractivity contribution is 0.145. The van der Waals surface area contributed by atoms with E-state index >= 15 is 0 Å². The van der Waals surface area contributed by atoms with E-state index < -0.39 is 0 Å². The first-order valence-corrected chi connectivity index (χ1v) is 10.3. The Bertz CT molecular complexity index is 442. The quantitative estimate of drug-likeness (QED) is 0.828. The van der Waals surface area contributed by atoms with Crippen LogP contribution in [0.15, 0.2) is 30.3 Å². The highest BCUT2D eigenvalue weighted by Gasteiger charge is 2.25. The average molecular weight is 335 g/mol. The maximum atomic E-state index is 5.51. The Morgan fingerprint density at radius 1 is 1.22 bits per heavy atom. The second kappa shape index (κ2) is 9.07. The lowest BCUT2D eigenvalue weighted by atomic mass is 10.00. The van der Waals surface area contributed by atoms with Gasteiger partial charge in [0.2, 0.25) is 0 Å². The van der Waals surface area contributed by atoms with E-state index in [0.717, 1.165) is 24.9 Å². The van der Waals surface area contributed by atoms with Crippen molar-refractivity contribution >= 4 is 11.8 Å². The summed E-state index contributed by atoms with van der Waals surface area (Å²) in [6.45, 7) is 5.64. The van der Waals surface area contributed by atoms with Crippen molar-refractivity contribution in [1.82, 2.24) is 10.2 Å². The summed E-state index contributed by atoms with van der Waals surface area (Å²) in [5.74, 6) is 1.91. The van der Waals surface area contributed by atoms with Crippen molar-refractivity contribution < 1.29 is 4.74 Å². The van der Waals surface area contributed by atoms with E-state index in [1.165, 1.54) is 44.5 Å². The first-order chi connectivity index (χ1) is 11.3. The van der Waals surface area contributed by atoms with E-state index in [2.05, 4.69) is 46.8 Å². The molecular weight excluding hydrogens is 304 g/mol. The summed E-state index contributed by atoms with van der Waals surface area (Å²) in [4.78, 5) is 2.64. The third kappa shape index (κ3) is 5.21. The number of nitrogens with zero attached hydrogens (tertiary/aromatic N) is 1. The van der Waals surface area contributed by atoms with E-state index in [4.69, 9.17) is 4.74 Å². The molecule has 3 rings (SSSR count). The Morgan fingerprint density at radius 3 is 2.65 bits per heavy atom. The van der Waals surface area contributed by atoms with Gasteiger partial charge in [-0.25, -0.2) is 0 Å². The number of benzene rings is 1. The number of piperidine rings is 1. The molecule has 2 atom stereocenters. The minimum absolute atomic E-state index is 0.478. The summed E-state index contributed by atoms with van der Waals surface area (Å²) in [6.07, 6.45) is 5.99. The van der Waals surface area contributed by atoms with E-state index in [0.29, 0.717) is 12.1 Å². The molecule has 0 aromatic heterocycles. The van der Waals surface area contributed by atoms with Crippen molar-refractivity contribution in [2.24, 2.45) is 5.92 Å². The molecule has 1 N–H and O–H groups in total. The van der Waals surface area contributed by atoms with Gasteiger partial charge in [-0.2, -0.15) is 11.8 Å². The molecule has 128 valence electrons. The SMILES string of the molecule is CSC[C@H](NC1CCN(C[C@@H]2CCOC2)CC1)c1ccccc1. The Hall–Kier alpha value is -0.550. The molecule has 23 heavy (non-hydrogen) atoms. The normalized spacial score (nSPS) is 24.8. The number of rotatable bonds is 7. The lowest BCUT2D eigenvalue weighted by Crippen LogP contribution is -2.45. The molecule has 2 aliphatic rings. The van der Waals surface area contributed by atoms with Gasteiger partial charge >= 0.3 is 0 Å². The zero-order chi connectivity index (χ0) is 15.9. The highest BCUT2D eigenvalue weighted by atomic mass is 32.2. The molecule has 3 nitrogen and oxygen atoms in total. The number of hydrogen-bond donors (Lipinski definition) is 1. The molecule has 0 saturated carbocycles. The van der Waals surface area contributed by atoms with Gasteiger partial charge in [0.1, 0.15) is 0 Å². The van der Waals surface area contributed by atoms with Crippen LogP contribution in [-0.4, -0.2) is 55.8 Å². The van der Waals surface area contributed by atoms with Crippen LogP contribution in [0.4, 0.5) is 0 Å². The molecule has 0 unspecified atom stereocenters. The van der Waals surface area contributed by atoms with Crippen LogP contribution in [0.3, 0.4) is 0 Å². The van der Waals surface area contributed by atoms with Gasteiger partial charge in [-0.1, -0.05) is 30.3 Å². The van der Waals surface area contributed by atoms with E-state index in [1.54, 1.807) is 0 Å². The number of hydrogen-bond acceptors (Lipinski definition) is 4. The fourth-order valence-electron chi connectivity index (χ4n) is 3.75. The second-order valence-corrected chi connectivity index (χ2v) is 7.80.